The molecule has 1 heterocycles. The predicted molar refractivity (Wildman–Crippen MR) is 114 cm³/mol. The topological polar surface area (TPSA) is 95.1 Å². The molecule has 3 rings (SSSR count). The molecular formula is C19H20BrN5O2S. The summed E-state index contributed by atoms with van der Waals surface area (Å²) >= 11 is 4.70. The van der Waals surface area contributed by atoms with Gasteiger partial charge in [0.05, 0.1) is 12.3 Å². The molecule has 28 heavy (non-hydrogen) atoms. The number of hydrogen-bond donors (Lipinski definition) is 2. The summed E-state index contributed by atoms with van der Waals surface area (Å²) in [4.78, 5) is 12.0. The van der Waals surface area contributed by atoms with Crippen LogP contribution in [-0.2, 0) is 4.79 Å². The van der Waals surface area contributed by atoms with Crippen LogP contribution in [0.1, 0.15) is 5.56 Å². The minimum atomic E-state index is -0.122. The Balaban J connectivity index is 1.45. The van der Waals surface area contributed by atoms with Crippen LogP contribution < -0.4 is 15.9 Å². The molecule has 9 heteroatoms. The maximum Gasteiger partial charge on any atom is 0.230 e. The summed E-state index contributed by atoms with van der Waals surface area (Å²) < 4.78 is 7.87. The van der Waals surface area contributed by atoms with Crippen LogP contribution in [0.2, 0.25) is 0 Å². The number of nitrogens with zero attached hydrogens (tertiary/aromatic N) is 3. The second-order valence-electron chi connectivity index (χ2n) is 5.96. The molecule has 0 atom stereocenters. The molecule has 7 nitrogen and oxygen atoms in total. The van der Waals surface area contributed by atoms with Gasteiger partial charge in [0.15, 0.2) is 5.82 Å². The number of rotatable bonds is 8. The SMILES string of the molecule is Cc1cccc(OCCNC(=O)CSc2nnc(-c3ccccc3Br)n2N)c1. The number of aromatic nitrogens is 3. The molecule has 0 saturated heterocycles. The molecule has 1 amide bonds. The number of nitrogens with two attached hydrogens (primary N) is 1. The summed E-state index contributed by atoms with van der Waals surface area (Å²) in [5, 5.41) is 11.5. The molecule has 0 fully saturated rings. The van der Waals surface area contributed by atoms with Gasteiger partial charge in [-0.25, -0.2) is 4.68 Å². The van der Waals surface area contributed by atoms with Crippen molar-refractivity contribution in [3.05, 3.63) is 58.6 Å². The van der Waals surface area contributed by atoms with Crippen LogP contribution in [0.15, 0.2) is 58.2 Å². The van der Waals surface area contributed by atoms with Gasteiger partial charge >= 0.3 is 0 Å². The Morgan fingerprint density at radius 2 is 2.07 bits per heavy atom. The van der Waals surface area contributed by atoms with Crippen molar-refractivity contribution in [2.45, 2.75) is 12.1 Å². The van der Waals surface area contributed by atoms with Crippen LogP contribution in [0.25, 0.3) is 11.4 Å². The van der Waals surface area contributed by atoms with Crippen LogP contribution in [0, 0.1) is 6.92 Å². The number of benzene rings is 2. The lowest BCUT2D eigenvalue weighted by atomic mass is 10.2. The second kappa shape index (κ2) is 9.61. The lowest BCUT2D eigenvalue weighted by molar-refractivity contribution is -0.118. The number of hydrogen-bond acceptors (Lipinski definition) is 6. The quantitative estimate of drug-likeness (QED) is 0.304. The third-order valence-corrected chi connectivity index (χ3v) is 5.43. The van der Waals surface area contributed by atoms with E-state index in [4.69, 9.17) is 10.6 Å². The highest BCUT2D eigenvalue weighted by Gasteiger charge is 2.15. The number of carbonyl (C=O) groups excluding carboxylic acids is 1. The van der Waals surface area contributed by atoms with Crippen molar-refractivity contribution in [1.29, 1.82) is 0 Å². The van der Waals surface area contributed by atoms with Crippen LogP contribution in [-0.4, -0.2) is 39.7 Å². The van der Waals surface area contributed by atoms with Crippen molar-refractivity contribution in [2.75, 3.05) is 24.7 Å². The molecule has 146 valence electrons. The fraction of sp³-hybridized carbons (Fsp3) is 0.211. The highest BCUT2D eigenvalue weighted by molar-refractivity contribution is 9.10. The van der Waals surface area contributed by atoms with E-state index in [9.17, 15) is 4.79 Å². The molecule has 0 spiro atoms. The van der Waals surface area contributed by atoms with Crippen molar-refractivity contribution >= 4 is 33.6 Å². The second-order valence-corrected chi connectivity index (χ2v) is 7.76. The van der Waals surface area contributed by atoms with Crippen LogP contribution in [0.3, 0.4) is 0 Å². The Bertz CT molecular complexity index is 963. The molecule has 0 aliphatic heterocycles. The van der Waals surface area contributed by atoms with E-state index < -0.39 is 0 Å². The molecule has 0 aliphatic carbocycles. The zero-order chi connectivity index (χ0) is 19.9. The Morgan fingerprint density at radius 1 is 1.25 bits per heavy atom. The number of ether oxygens (including phenoxy) is 1. The van der Waals surface area contributed by atoms with E-state index in [1.165, 1.54) is 16.4 Å². The Labute approximate surface area is 175 Å². The van der Waals surface area contributed by atoms with E-state index in [1.54, 1.807) is 0 Å². The first-order valence-corrected chi connectivity index (χ1v) is 10.4. The van der Waals surface area contributed by atoms with Gasteiger partial charge in [-0.3, -0.25) is 4.79 Å². The number of nitrogens with one attached hydrogen (secondary N) is 1. The minimum absolute atomic E-state index is 0.122. The van der Waals surface area contributed by atoms with Crippen LogP contribution in [0.5, 0.6) is 5.75 Å². The van der Waals surface area contributed by atoms with E-state index in [1.807, 2.05) is 55.5 Å². The molecule has 0 aliphatic rings. The van der Waals surface area contributed by atoms with Crippen molar-refractivity contribution in [1.82, 2.24) is 20.2 Å². The van der Waals surface area contributed by atoms with Gasteiger partial charge in [0, 0.05) is 10.0 Å². The summed E-state index contributed by atoms with van der Waals surface area (Å²) in [6.07, 6.45) is 0. The number of aryl methyl sites for hydroxylation is 1. The van der Waals surface area contributed by atoms with E-state index >= 15 is 0 Å². The molecule has 1 aromatic heterocycles. The average molecular weight is 462 g/mol. The Kier molecular flexibility index (Phi) is 6.94. The zero-order valence-corrected chi connectivity index (χ0v) is 17.7. The van der Waals surface area contributed by atoms with E-state index in [-0.39, 0.29) is 11.7 Å². The molecule has 2 aromatic carbocycles. The van der Waals surface area contributed by atoms with E-state index in [2.05, 4.69) is 31.4 Å². The van der Waals surface area contributed by atoms with Gasteiger partial charge in [-0.2, -0.15) is 0 Å². The first kappa shape index (κ1) is 20.2. The lowest BCUT2D eigenvalue weighted by Gasteiger charge is -2.08. The zero-order valence-electron chi connectivity index (χ0n) is 15.3. The maximum absolute atomic E-state index is 12.0. The number of thioether (sulfide) groups is 1. The van der Waals surface area contributed by atoms with Gasteiger partial charge < -0.3 is 15.9 Å². The summed E-state index contributed by atoms with van der Waals surface area (Å²) in [7, 11) is 0. The smallest absolute Gasteiger partial charge is 0.230 e. The fourth-order valence-corrected chi connectivity index (χ4v) is 3.60. The summed E-state index contributed by atoms with van der Waals surface area (Å²) in [5.41, 5.74) is 1.97. The van der Waals surface area contributed by atoms with Gasteiger partial charge in [0.1, 0.15) is 12.4 Å². The molecule has 0 unspecified atom stereocenters. The lowest BCUT2D eigenvalue weighted by Crippen LogP contribution is -2.29. The summed E-state index contributed by atoms with van der Waals surface area (Å²) in [6, 6.07) is 15.4. The summed E-state index contributed by atoms with van der Waals surface area (Å²) in [6.45, 7) is 2.83. The van der Waals surface area contributed by atoms with Crippen molar-refractivity contribution in [3.8, 4) is 17.1 Å². The van der Waals surface area contributed by atoms with Gasteiger partial charge in [-0.15, -0.1) is 10.2 Å². The largest absolute Gasteiger partial charge is 0.492 e. The monoisotopic (exact) mass is 461 g/mol. The van der Waals surface area contributed by atoms with Crippen molar-refractivity contribution < 1.29 is 9.53 Å². The summed E-state index contributed by atoms with van der Waals surface area (Å²) in [5.74, 6) is 7.48. The third-order valence-electron chi connectivity index (χ3n) is 3.79. The van der Waals surface area contributed by atoms with Gasteiger partial charge in [0.25, 0.3) is 0 Å². The predicted octanol–water partition coefficient (Wildman–Crippen LogP) is 3.02. The first-order chi connectivity index (χ1) is 13.5. The number of carbonyl (C=O) groups is 1. The van der Waals surface area contributed by atoms with Crippen molar-refractivity contribution in [2.24, 2.45) is 0 Å². The Morgan fingerprint density at radius 3 is 2.86 bits per heavy atom. The fourth-order valence-electron chi connectivity index (χ4n) is 2.45. The maximum atomic E-state index is 12.0. The van der Waals surface area contributed by atoms with Gasteiger partial charge in [0.2, 0.25) is 11.1 Å². The van der Waals surface area contributed by atoms with Gasteiger partial charge in [-0.1, -0.05) is 52.0 Å². The minimum Gasteiger partial charge on any atom is -0.492 e. The highest BCUT2D eigenvalue weighted by Crippen LogP contribution is 2.27. The third kappa shape index (κ3) is 5.26. The number of amides is 1. The number of nitrogen functional groups attached to an aromatic ring is 1. The normalized spacial score (nSPS) is 10.6. The van der Waals surface area contributed by atoms with Crippen LogP contribution >= 0.6 is 27.7 Å². The van der Waals surface area contributed by atoms with E-state index in [0.717, 1.165) is 21.3 Å². The first-order valence-electron chi connectivity index (χ1n) is 8.59. The molecule has 3 aromatic rings. The molecule has 0 saturated carbocycles. The standard InChI is InChI=1S/C19H20BrN5O2S/c1-13-5-4-6-14(11-13)27-10-9-22-17(26)12-28-19-24-23-18(25(19)21)15-7-2-3-8-16(15)20/h2-8,11H,9-10,12,21H2,1H3,(H,22,26). The average Bonchev–Trinajstić information content (AvgIpc) is 3.04. The molecule has 0 radical (unpaired) electrons. The number of halogens is 1. The Hall–Kier alpha value is -2.52. The van der Waals surface area contributed by atoms with E-state index in [0.29, 0.717) is 24.1 Å². The highest BCUT2D eigenvalue weighted by atomic mass is 79.9. The van der Waals surface area contributed by atoms with Gasteiger partial charge in [-0.05, 0) is 36.8 Å². The molecule has 0 bridgehead atoms. The van der Waals surface area contributed by atoms with Crippen molar-refractivity contribution in [3.63, 3.8) is 0 Å². The molecular weight excluding hydrogens is 442 g/mol. The molecule has 3 N–H and O–H groups in total. The van der Waals surface area contributed by atoms with Crippen LogP contribution in [0.4, 0.5) is 0 Å².